The zero-order valence-electron chi connectivity index (χ0n) is 10.8. The van der Waals surface area contributed by atoms with Crippen LogP contribution in [0.1, 0.15) is 16.8 Å². The molecule has 4 nitrogen and oxygen atoms in total. The topological polar surface area (TPSA) is 57.2 Å². The van der Waals surface area contributed by atoms with Crippen LogP contribution in [0.4, 0.5) is 0 Å². The molecule has 3 rings (SSSR count). The van der Waals surface area contributed by atoms with E-state index in [-0.39, 0.29) is 5.91 Å². The van der Waals surface area contributed by atoms with Crippen molar-refractivity contribution in [3.8, 4) is 0 Å². The first-order valence-electron chi connectivity index (χ1n) is 6.69. The molecule has 19 heavy (non-hydrogen) atoms. The largest absolute Gasteiger partial charge is 0.381 e. The van der Waals surface area contributed by atoms with Gasteiger partial charge in [0.15, 0.2) is 0 Å². The first-order valence-corrected chi connectivity index (χ1v) is 6.69. The Balaban J connectivity index is 1.95. The average molecular weight is 258 g/mol. The molecule has 0 amide bonds. The summed E-state index contributed by atoms with van der Waals surface area (Å²) in [4.78, 5) is 12.4. The fourth-order valence-electron chi connectivity index (χ4n) is 2.56. The van der Waals surface area contributed by atoms with Crippen molar-refractivity contribution >= 4 is 16.8 Å². The van der Waals surface area contributed by atoms with Gasteiger partial charge in [-0.1, -0.05) is 18.2 Å². The summed E-state index contributed by atoms with van der Waals surface area (Å²) >= 11 is 0. The van der Waals surface area contributed by atoms with E-state index in [0.29, 0.717) is 32.1 Å². The maximum atomic E-state index is 12.4. The normalized spacial score (nSPS) is 15.6. The molecule has 1 saturated heterocycles. The first-order chi connectivity index (χ1) is 9.29. The molecule has 0 spiro atoms. The van der Waals surface area contributed by atoms with Crippen LogP contribution in [-0.4, -0.2) is 30.2 Å². The van der Waals surface area contributed by atoms with Crippen LogP contribution in [0.25, 0.3) is 10.9 Å². The number of carbonyl (C=O) groups is 1. The van der Waals surface area contributed by atoms with E-state index < -0.39 is 0 Å². The van der Waals surface area contributed by atoms with Gasteiger partial charge in [0.2, 0.25) is 5.91 Å². The van der Waals surface area contributed by atoms with Crippen LogP contribution < -0.4 is 5.73 Å². The van der Waals surface area contributed by atoms with Gasteiger partial charge in [-0.15, -0.1) is 0 Å². The molecule has 1 aliphatic rings. The fraction of sp³-hybridized carbons (Fsp3) is 0.400. The van der Waals surface area contributed by atoms with Gasteiger partial charge in [0.25, 0.3) is 0 Å². The Bertz CT molecular complexity index is 599. The minimum absolute atomic E-state index is 0.146. The highest BCUT2D eigenvalue weighted by atomic mass is 16.5. The predicted molar refractivity (Wildman–Crippen MR) is 74.2 cm³/mol. The Kier molecular flexibility index (Phi) is 3.36. The number of nitrogens with two attached hydrogens (primary N) is 1. The first kappa shape index (κ1) is 12.4. The lowest BCUT2D eigenvalue weighted by molar-refractivity contribution is -0.0331. The Morgan fingerprint density at radius 1 is 1.37 bits per heavy atom. The standard InChI is InChI=1S/C15H18N2O2/c16-6-5-12-8-17(14-4-2-1-3-13(12)14)15(18)7-11-9-19-10-11/h1-4,8,11H,5-7,9-10,16H2. The highest BCUT2D eigenvalue weighted by Crippen LogP contribution is 2.23. The van der Waals surface area contributed by atoms with Crippen molar-refractivity contribution in [2.45, 2.75) is 12.8 Å². The Labute approximate surface area is 112 Å². The number of rotatable bonds is 4. The van der Waals surface area contributed by atoms with E-state index in [9.17, 15) is 4.79 Å². The van der Waals surface area contributed by atoms with Gasteiger partial charge in [-0.3, -0.25) is 9.36 Å². The molecule has 1 aromatic heterocycles. The molecule has 1 aromatic carbocycles. The molecular formula is C15H18N2O2. The van der Waals surface area contributed by atoms with Crippen molar-refractivity contribution in [2.75, 3.05) is 19.8 Å². The van der Waals surface area contributed by atoms with Crippen molar-refractivity contribution in [3.05, 3.63) is 36.0 Å². The molecule has 1 aliphatic heterocycles. The summed E-state index contributed by atoms with van der Waals surface area (Å²) in [6.07, 6.45) is 3.30. The molecule has 0 atom stereocenters. The third kappa shape index (κ3) is 2.29. The zero-order valence-corrected chi connectivity index (χ0v) is 10.8. The van der Waals surface area contributed by atoms with E-state index in [1.54, 1.807) is 4.57 Å². The molecule has 0 saturated carbocycles. The third-order valence-corrected chi connectivity index (χ3v) is 3.65. The summed E-state index contributed by atoms with van der Waals surface area (Å²) in [6, 6.07) is 8.00. The van der Waals surface area contributed by atoms with Crippen molar-refractivity contribution < 1.29 is 9.53 Å². The van der Waals surface area contributed by atoms with E-state index in [1.807, 2.05) is 24.4 Å². The molecule has 100 valence electrons. The van der Waals surface area contributed by atoms with Gasteiger partial charge < -0.3 is 10.5 Å². The second-order valence-electron chi connectivity index (χ2n) is 5.08. The van der Waals surface area contributed by atoms with Crippen LogP contribution in [0, 0.1) is 5.92 Å². The van der Waals surface area contributed by atoms with Gasteiger partial charge in [0.05, 0.1) is 18.7 Å². The van der Waals surface area contributed by atoms with E-state index in [4.69, 9.17) is 10.5 Å². The number of nitrogens with zero attached hydrogens (tertiary/aromatic N) is 1. The molecule has 0 unspecified atom stereocenters. The SMILES string of the molecule is NCCc1cn(C(=O)CC2COC2)c2ccccc12. The summed E-state index contributed by atoms with van der Waals surface area (Å²) in [7, 11) is 0. The summed E-state index contributed by atoms with van der Waals surface area (Å²) in [5, 5.41) is 1.13. The van der Waals surface area contributed by atoms with Gasteiger partial charge in [0, 0.05) is 23.9 Å². The second kappa shape index (κ2) is 5.15. The number of para-hydroxylation sites is 1. The molecule has 2 heterocycles. The summed E-state index contributed by atoms with van der Waals surface area (Å²) in [5.41, 5.74) is 7.77. The molecule has 2 aromatic rings. The minimum Gasteiger partial charge on any atom is -0.381 e. The Morgan fingerprint density at radius 2 is 2.16 bits per heavy atom. The highest BCUT2D eigenvalue weighted by Gasteiger charge is 2.23. The molecule has 1 fully saturated rings. The van der Waals surface area contributed by atoms with Crippen LogP contribution in [0.5, 0.6) is 0 Å². The maximum Gasteiger partial charge on any atom is 0.231 e. The lowest BCUT2D eigenvalue weighted by atomic mass is 10.0. The average Bonchev–Trinajstić information content (AvgIpc) is 2.74. The molecule has 2 N–H and O–H groups in total. The number of hydrogen-bond acceptors (Lipinski definition) is 3. The van der Waals surface area contributed by atoms with Crippen LogP contribution in [-0.2, 0) is 11.2 Å². The molecule has 4 heteroatoms. The Hall–Kier alpha value is -1.65. The summed E-state index contributed by atoms with van der Waals surface area (Å²) < 4.78 is 6.90. The van der Waals surface area contributed by atoms with E-state index >= 15 is 0 Å². The van der Waals surface area contributed by atoms with Gasteiger partial charge in [-0.05, 0) is 24.6 Å². The van der Waals surface area contributed by atoms with Gasteiger partial charge in [0.1, 0.15) is 0 Å². The van der Waals surface area contributed by atoms with Crippen LogP contribution >= 0.6 is 0 Å². The third-order valence-electron chi connectivity index (χ3n) is 3.65. The smallest absolute Gasteiger partial charge is 0.231 e. The van der Waals surface area contributed by atoms with Crippen LogP contribution in [0.2, 0.25) is 0 Å². The quantitative estimate of drug-likeness (QED) is 0.910. The molecule has 0 aliphatic carbocycles. The van der Waals surface area contributed by atoms with Gasteiger partial charge in [-0.25, -0.2) is 0 Å². The lowest BCUT2D eigenvalue weighted by Crippen LogP contribution is -2.31. The highest BCUT2D eigenvalue weighted by molar-refractivity contribution is 5.94. The maximum absolute atomic E-state index is 12.4. The summed E-state index contributed by atoms with van der Waals surface area (Å²) in [6.45, 7) is 2.01. The summed E-state index contributed by atoms with van der Waals surface area (Å²) in [5.74, 6) is 0.527. The number of benzene rings is 1. The van der Waals surface area contributed by atoms with Crippen molar-refractivity contribution in [3.63, 3.8) is 0 Å². The lowest BCUT2D eigenvalue weighted by Gasteiger charge is -2.25. The number of fused-ring (bicyclic) bond motifs is 1. The van der Waals surface area contributed by atoms with Crippen molar-refractivity contribution in [1.82, 2.24) is 4.57 Å². The molecular weight excluding hydrogens is 240 g/mol. The Morgan fingerprint density at radius 3 is 2.84 bits per heavy atom. The minimum atomic E-state index is 0.146. The zero-order chi connectivity index (χ0) is 13.2. The van der Waals surface area contributed by atoms with E-state index in [0.717, 1.165) is 22.9 Å². The van der Waals surface area contributed by atoms with Gasteiger partial charge in [-0.2, -0.15) is 0 Å². The number of carbonyl (C=O) groups excluding carboxylic acids is 1. The van der Waals surface area contributed by atoms with Gasteiger partial charge >= 0.3 is 0 Å². The van der Waals surface area contributed by atoms with Crippen molar-refractivity contribution in [1.29, 1.82) is 0 Å². The molecule has 0 bridgehead atoms. The number of ether oxygens (including phenoxy) is 1. The fourth-order valence-corrected chi connectivity index (χ4v) is 2.56. The predicted octanol–water partition coefficient (Wildman–Crippen LogP) is 1.82. The van der Waals surface area contributed by atoms with Crippen LogP contribution in [0.3, 0.4) is 0 Å². The monoisotopic (exact) mass is 258 g/mol. The molecule has 0 radical (unpaired) electrons. The van der Waals surface area contributed by atoms with Crippen LogP contribution in [0.15, 0.2) is 30.5 Å². The van der Waals surface area contributed by atoms with E-state index in [1.165, 1.54) is 0 Å². The van der Waals surface area contributed by atoms with E-state index in [2.05, 4.69) is 6.07 Å². The number of aromatic nitrogens is 1. The second-order valence-corrected chi connectivity index (χ2v) is 5.08. The number of hydrogen-bond donors (Lipinski definition) is 1. The van der Waals surface area contributed by atoms with Crippen molar-refractivity contribution in [2.24, 2.45) is 11.7 Å².